The van der Waals surface area contributed by atoms with Crippen LogP contribution in [0.5, 0.6) is 0 Å². The van der Waals surface area contributed by atoms with E-state index in [2.05, 4.69) is 20.7 Å². The molecule has 0 radical (unpaired) electrons. The number of hydrogen-bond donors (Lipinski definition) is 1. The predicted octanol–water partition coefficient (Wildman–Crippen LogP) is 1.90. The highest BCUT2D eigenvalue weighted by Gasteiger charge is 2.15. The van der Waals surface area contributed by atoms with Crippen LogP contribution in [0.25, 0.3) is 0 Å². The second kappa shape index (κ2) is 4.95. The van der Waals surface area contributed by atoms with Crippen molar-refractivity contribution >= 4 is 11.6 Å². The summed E-state index contributed by atoms with van der Waals surface area (Å²) < 4.78 is 5.05. The third-order valence-electron chi connectivity index (χ3n) is 2.55. The van der Waals surface area contributed by atoms with Gasteiger partial charge >= 0.3 is 0 Å². The standard InChI is InChI=1S/C12H14N4O2/c1-4-10-11(8(3)18-16-10)14-12(17)9-5-7(2)15-13-6-9/h5-6H,4H2,1-3H3,(H,14,17). The lowest BCUT2D eigenvalue weighted by Gasteiger charge is -2.04. The summed E-state index contributed by atoms with van der Waals surface area (Å²) in [4.78, 5) is 12.0. The lowest BCUT2D eigenvalue weighted by molar-refractivity contribution is 0.102. The predicted molar refractivity (Wildman–Crippen MR) is 65.3 cm³/mol. The largest absolute Gasteiger partial charge is 0.359 e. The Balaban J connectivity index is 2.24. The average molecular weight is 246 g/mol. The molecule has 0 aliphatic rings. The van der Waals surface area contributed by atoms with Crippen LogP contribution in [-0.2, 0) is 6.42 Å². The van der Waals surface area contributed by atoms with Gasteiger partial charge in [-0.05, 0) is 26.3 Å². The summed E-state index contributed by atoms with van der Waals surface area (Å²) >= 11 is 0. The van der Waals surface area contributed by atoms with E-state index in [4.69, 9.17) is 4.52 Å². The van der Waals surface area contributed by atoms with Gasteiger partial charge in [-0.15, -0.1) is 0 Å². The van der Waals surface area contributed by atoms with Gasteiger partial charge in [0.05, 0.1) is 17.5 Å². The maximum absolute atomic E-state index is 12.0. The summed E-state index contributed by atoms with van der Waals surface area (Å²) in [5.74, 6) is 0.355. The van der Waals surface area contributed by atoms with Gasteiger partial charge < -0.3 is 9.84 Å². The Labute approximate surface area is 104 Å². The lowest BCUT2D eigenvalue weighted by atomic mass is 10.2. The molecule has 0 fully saturated rings. The summed E-state index contributed by atoms with van der Waals surface area (Å²) in [6.07, 6.45) is 2.12. The van der Waals surface area contributed by atoms with Crippen LogP contribution in [0.4, 0.5) is 5.69 Å². The van der Waals surface area contributed by atoms with E-state index < -0.39 is 0 Å². The lowest BCUT2D eigenvalue weighted by Crippen LogP contribution is -2.14. The van der Waals surface area contributed by atoms with Gasteiger partial charge in [0.2, 0.25) is 0 Å². The number of hydrogen-bond acceptors (Lipinski definition) is 5. The van der Waals surface area contributed by atoms with Crippen molar-refractivity contribution in [3.05, 3.63) is 35.0 Å². The first-order valence-corrected chi connectivity index (χ1v) is 5.67. The monoisotopic (exact) mass is 246 g/mol. The topological polar surface area (TPSA) is 80.9 Å². The van der Waals surface area contributed by atoms with Crippen LogP contribution >= 0.6 is 0 Å². The first kappa shape index (κ1) is 12.2. The molecule has 6 heteroatoms. The molecule has 0 spiro atoms. The van der Waals surface area contributed by atoms with E-state index in [1.54, 1.807) is 19.9 Å². The molecular weight excluding hydrogens is 232 g/mol. The summed E-state index contributed by atoms with van der Waals surface area (Å²) in [5, 5.41) is 14.2. The third-order valence-corrected chi connectivity index (χ3v) is 2.55. The van der Waals surface area contributed by atoms with E-state index >= 15 is 0 Å². The zero-order valence-corrected chi connectivity index (χ0v) is 10.5. The second-order valence-corrected chi connectivity index (χ2v) is 3.95. The fourth-order valence-electron chi connectivity index (χ4n) is 1.60. The normalized spacial score (nSPS) is 10.4. The van der Waals surface area contributed by atoms with Gasteiger partial charge in [0.25, 0.3) is 5.91 Å². The number of aromatic nitrogens is 3. The molecule has 0 unspecified atom stereocenters. The SMILES string of the molecule is CCc1noc(C)c1NC(=O)c1cnnc(C)c1. The summed E-state index contributed by atoms with van der Waals surface area (Å²) in [5.41, 5.74) is 2.53. The molecule has 0 atom stereocenters. The first-order chi connectivity index (χ1) is 8.61. The number of amides is 1. The highest BCUT2D eigenvalue weighted by atomic mass is 16.5. The Kier molecular flexibility index (Phi) is 3.36. The Bertz CT molecular complexity index is 577. The highest BCUT2D eigenvalue weighted by molar-refractivity contribution is 6.04. The molecule has 0 aliphatic heterocycles. The summed E-state index contributed by atoms with van der Waals surface area (Å²) in [7, 11) is 0. The van der Waals surface area contributed by atoms with E-state index in [1.165, 1.54) is 6.20 Å². The van der Waals surface area contributed by atoms with Crippen LogP contribution in [0.2, 0.25) is 0 Å². The molecule has 2 heterocycles. The van der Waals surface area contributed by atoms with Gasteiger partial charge in [-0.2, -0.15) is 10.2 Å². The van der Waals surface area contributed by atoms with E-state index in [0.717, 1.165) is 5.69 Å². The maximum Gasteiger partial charge on any atom is 0.257 e. The van der Waals surface area contributed by atoms with E-state index in [-0.39, 0.29) is 5.91 Å². The summed E-state index contributed by atoms with van der Waals surface area (Å²) in [6.45, 7) is 5.49. The molecule has 18 heavy (non-hydrogen) atoms. The van der Waals surface area contributed by atoms with Crippen LogP contribution in [-0.4, -0.2) is 21.3 Å². The number of rotatable bonds is 3. The van der Waals surface area contributed by atoms with Gasteiger partial charge in [0, 0.05) is 0 Å². The quantitative estimate of drug-likeness (QED) is 0.894. The van der Waals surface area contributed by atoms with Crippen LogP contribution < -0.4 is 5.32 Å². The fourth-order valence-corrected chi connectivity index (χ4v) is 1.60. The van der Waals surface area contributed by atoms with E-state index in [1.807, 2.05) is 6.92 Å². The molecule has 6 nitrogen and oxygen atoms in total. The third kappa shape index (κ3) is 2.37. The molecule has 2 aromatic rings. The maximum atomic E-state index is 12.0. The number of carbonyl (C=O) groups is 1. The second-order valence-electron chi connectivity index (χ2n) is 3.95. The molecule has 1 N–H and O–H groups in total. The van der Waals surface area contributed by atoms with Crippen molar-refractivity contribution in [3.8, 4) is 0 Å². The first-order valence-electron chi connectivity index (χ1n) is 5.67. The molecular formula is C12H14N4O2. The molecule has 0 aromatic carbocycles. The molecule has 2 aromatic heterocycles. The van der Waals surface area contributed by atoms with Crippen LogP contribution in [0.15, 0.2) is 16.8 Å². The number of nitrogens with one attached hydrogen (secondary N) is 1. The Hall–Kier alpha value is -2.24. The van der Waals surface area contributed by atoms with Crippen molar-refractivity contribution in [1.82, 2.24) is 15.4 Å². The van der Waals surface area contributed by atoms with Crippen molar-refractivity contribution < 1.29 is 9.32 Å². The Morgan fingerprint density at radius 3 is 2.89 bits per heavy atom. The van der Waals surface area contributed by atoms with Crippen LogP contribution in [0.3, 0.4) is 0 Å². The van der Waals surface area contributed by atoms with Crippen molar-refractivity contribution in [2.24, 2.45) is 0 Å². The number of aryl methyl sites for hydroxylation is 3. The van der Waals surface area contributed by atoms with Crippen molar-refractivity contribution in [1.29, 1.82) is 0 Å². The minimum absolute atomic E-state index is 0.242. The molecule has 94 valence electrons. The highest BCUT2D eigenvalue weighted by Crippen LogP contribution is 2.20. The molecule has 2 rings (SSSR count). The average Bonchev–Trinajstić information content (AvgIpc) is 2.70. The van der Waals surface area contributed by atoms with Gasteiger partial charge in [-0.3, -0.25) is 4.79 Å². The van der Waals surface area contributed by atoms with Gasteiger partial charge in [0.1, 0.15) is 11.4 Å². The minimum Gasteiger partial charge on any atom is -0.359 e. The molecule has 0 bridgehead atoms. The summed E-state index contributed by atoms with van der Waals surface area (Å²) in [6, 6.07) is 1.68. The van der Waals surface area contributed by atoms with E-state index in [0.29, 0.717) is 29.1 Å². The molecule has 1 amide bonds. The Morgan fingerprint density at radius 2 is 2.22 bits per heavy atom. The zero-order valence-electron chi connectivity index (χ0n) is 10.5. The number of carbonyl (C=O) groups excluding carboxylic acids is 1. The van der Waals surface area contributed by atoms with Crippen LogP contribution in [0.1, 0.15) is 34.4 Å². The van der Waals surface area contributed by atoms with Crippen LogP contribution in [0, 0.1) is 13.8 Å². The number of nitrogens with zero attached hydrogens (tertiary/aromatic N) is 3. The number of anilines is 1. The molecule has 0 saturated heterocycles. The minimum atomic E-state index is -0.242. The van der Waals surface area contributed by atoms with Gasteiger partial charge in [0.15, 0.2) is 5.76 Å². The van der Waals surface area contributed by atoms with E-state index in [9.17, 15) is 4.79 Å². The zero-order chi connectivity index (χ0) is 13.1. The van der Waals surface area contributed by atoms with Crippen molar-refractivity contribution in [2.75, 3.05) is 5.32 Å². The van der Waals surface area contributed by atoms with Gasteiger partial charge in [-0.25, -0.2) is 0 Å². The molecule has 0 saturated carbocycles. The van der Waals surface area contributed by atoms with Crippen molar-refractivity contribution in [3.63, 3.8) is 0 Å². The Morgan fingerprint density at radius 1 is 1.44 bits per heavy atom. The smallest absolute Gasteiger partial charge is 0.257 e. The fraction of sp³-hybridized carbons (Fsp3) is 0.333. The molecule has 0 aliphatic carbocycles. The van der Waals surface area contributed by atoms with Crippen molar-refractivity contribution in [2.45, 2.75) is 27.2 Å². The van der Waals surface area contributed by atoms with Gasteiger partial charge in [-0.1, -0.05) is 12.1 Å².